The van der Waals surface area contributed by atoms with Gasteiger partial charge in [-0.2, -0.15) is 4.68 Å². The van der Waals surface area contributed by atoms with Crippen molar-refractivity contribution < 1.29 is 13.9 Å². The minimum Gasteiger partial charge on any atom is -0.378 e. The Balaban J connectivity index is 2.07. The molecule has 9 heteroatoms. The number of para-hydroxylation sites is 1. The Morgan fingerprint density at radius 3 is 2.76 bits per heavy atom. The molecule has 1 saturated heterocycles. The number of nitrogens with one attached hydrogen (secondary N) is 1. The highest BCUT2D eigenvalue weighted by Gasteiger charge is 2.24. The van der Waals surface area contributed by atoms with Crippen LogP contribution < -0.4 is 5.69 Å². The molecule has 1 amide bonds. The Morgan fingerprint density at radius 1 is 1.33 bits per heavy atom. The van der Waals surface area contributed by atoms with E-state index < -0.39 is 11.5 Å². The number of ether oxygens (including phenoxy) is 1. The predicted octanol–water partition coefficient (Wildman–Crippen LogP) is -0.433. The fraction of sp³-hybridized carbons (Fsp3) is 0.333. The van der Waals surface area contributed by atoms with Crippen molar-refractivity contribution in [3.8, 4) is 5.69 Å². The minimum atomic E-state index is -0.717. The molecular formula is C12H12FN5O3. The third-order valence-corrected chi connectivity index (χ3v) is 3.20. The van der Waals surface area contributed by atoms with E-state index >= 15 is 0 Å². The first kappa shape index (κ1) is 13.4. The number of aromatic amines is 1. The lowest BCUT2D eigenvalue weighted by Crippen LogP contribution is -2.41. The van der Waals surface area contributed by atoms with Crippen LogP contribution in [0.4, 0.5) is 4.39 Å². The Kier molecular flexibility index (Phi) is 3.48. The van der Waals surface area contributed by atoms with Crippen LogP contribution in [0.2, 0.25) is 0 Å². The van der Waals surface area contributed by atoms with Crippen LogP contribution in [-0.4, -0.2) is 57.3 Å². The summed E-state index contributed by atoms with van der Waals surface area (Å²) in [5, 5.41) is 8.89. The Hall–Kier alpha value is -2.55. The molecule has 21 heavy (non-hydrogen) atoms. The summed E-state index contributed by atoms with van der Waals surface area (Å²) in [7, 11) is 0. The maximum absolute atomic E-state index is 14.1. The number of hydrogen-bond donors (Lipinski definition) is 1. The number of rotatable bonds is 2. The summed E-state index contributed by atoms with van der Waals surface area (Å²) < 4.78 is 20.0. The van der Waals surface area contributed by atoms with Gasteiger partial charge in [-0.05, 0) is 22.6 Å². The van der Waals surface area contributed by atoms with Gasteiger partial charge in [-0.3, -0.25) is 4.79 Å². The van der Waals surface area contributed by atoms with Crippen molar-refractivity contribution in [2.75, 3.05) is 26.3 Å². The topological polar surface area (TPSA) is 93.1 Å². The van der Waals surface area contributed by atoms with Crippen molar-refractivity contribution in [1.82, 2.24) is 25.1 Å². The molecule has 0 saturated carbocycles. The van der Waals surface area contributed by atoms with E-state index in [1.807, 2.05) is 0 Å². The summed E-state index contributed by atoms with van der Waals surface area (Å²) in [5.41, 5.74) is -0.850. The highest BCUT2D eigenvalue weighted by atomic mass is 19.1. The number of carbonyl (C=O) groups is 1. The van der Waals surface area contributed by atoms with Gasteiger partial charge in [0.1, 0.15) is 11.5 Å². The summed E-state index contributed by atoms with van der Waals surface area (Å²) in [6.45, 7) is 1.70. The maximum atomic E-state index is 14.1. The molecule has 0 spiro atoms. The maximum Gasteiger partial charge on any atom is 0.365 e. The normalized spacial score (nSPS) is 15.2. The lowest BCUT2D eigenvalue weighted by Gasteiger charge is -2.27. The monoisotopic (exact) mass is 293 g/mol. The molecule has 1 N–H and O–H groups in total. The summed E-state index contributed by atoms with van der Waals surface area (Å²) in [4.78, 5) is 25.7. The van der Waals surface area contributed by atoms with Gasteiger partial charge in [0.25, 0.3) is 5.91 Å². The fourth-order valence-corrected chi connectivity index (χ4v) is 2.18. The molecular weight excluding hydrogens is 281 g/mol. The van der Waals surface area contributed by atoms with E-state index in [0.29, 0.717) is 26.3 Å². The molecule has 1 aliphatic heterocycles. The van der Waals surface area contributed by atoms with Crippen molar-refractivity contribution in [3.63, 3.8) is 0 Å². The van der Waals surface area contributed by atoms with Crippen LogP contribution in [0.25, 0.3) is 5.69 Å². The average molecular weight is 293 g/mol. The molecule has 3 rings (SSSR count). The van der Waals surface area contributed by atoms with Gasteiger partial charge in [-0.1, -0.05) is 6.07 Å². The number of morpholine rings is 1. The summed E-state index contributed by atoms with van der Waals surface area (Å²) >= 11 is 0. The van der Waals surface area contributed by atoms with Gasteiger partial charge >= 0.3 is 5.69 Å². The molecule has 0 bridgehead atoms. The minimum absolute atomic E-state index is 0.0629. The van der Waals surface area contributed by atoms with E-state index in [4.69, 9.17) is 4.74 Å². The van der Waals surface area contributed by atoms with Gasteiger partial charge in [-0.25, -0.2) is 14.3 Å². The standard InChI is InChI=1S/C12H12FN5O3/c13-9-3-1-2-8(10(9)18-12(20)14-15-16-18)11(19)17-4-6-21-7-5-17/h1-3H,4-7H2,(H,14,16,20). The quantitative estimate of drug-likeness (QED) is 0.811. The summed E-state index contributed by atoms with van der Waals surface area (Å²) in [6.07, 6.45) is 0. The Labute approximate surface area is 118 Å². The second-order valence-electron chi connectivity index (χ2n) is 4.46. The van der Waals surface area contributed by atoms with Crippen LogP contribution >= 0.6 is 0 Å². The zero-order chi connectivity index (χ0) is 14.8. The first-order valence-electron chi connectivity index (χ1n) is 6.35. The SMILES string of the molecule is O=C(c1cccc(F)c1-n1nn[nH]c1=O)N1CCOCC1. The molecule has 1 aromatic heterocycles. The van der Waals surface area contributed by atoms with Crippen molar-refractivity contribution in [2.45, 2.75) is 0 Å². The summed E-state index contributed by atoms with van der Waals surface area (Å²) in [6, 6.07) is 4.03. The molecule has 1 aromatic carbocycles. The third kappa shape index (κ3) is 2.42. The van der Waals surface area contributed by atoms with E-state index in [-0.39, 0.29) is 17.2 Å². The molecule has 0 aliphatic carbocycles. The number of halogens is 1. The third-order valence-electron chi connectivity index (χ3n) is 3.20. The van der Waals surface area contributed by atoms with Crippen molar-refractivity contribution in [1.29, 1.82) is 0 Å². The zero-order valence-electron chi connectivity index (χ0n) is 11.0. The van der Waals surface area contributed by atoms with Crippen LogP contribution in [0.5, 0.6) is 0 Å². The van der Waals surface area contributed by atoms with E-state index in [0.717, 1.165) is 10.7 Å². The number of tetrazole rings is 1. The first-order chi connectivity index (χ1) is 10.2. The molecule has 110 valence electrons. The number of aromatic nitrogens is 4. The number of amides is 1. The molecule has 0 radical (unpaired) electrons. The number of hydrogen-bond acceptors (Lipinski definition) is 5. The highest BCUT2D eigenvalue weighted by Crippen LogP contribution is 2.18. The molecule has 0 unspecified atom stereocenters. The van der Waals surface area contributed by atoms with Gasteiger partial charge in [0.05, 0.1) is 18.8 Å². The highest BCUT2D eigenvalue weighted by molar-refractivity contribution is 5.97. The van der Waals surface area contributed by atoms with Gasteiger partial charge in [-0.15, -0.1) is 0 Å². The molecule has 2 aromatic rings. The van der Waals surface area contributed by atoms with Crippen LogP contribution in [0.3, 0.4) is 0 Å². The number of carbonyl (C=O) groups excluding carboxylic acids is 1. The second-order valence-corrected chi connectivity index (χ2v) is 4.46. The van der Waals surface area contributed by atoms with E-state index in [9.17, 15) is 14.0 Å². The second kappa shape index (κ2) is 5.44. The summed E-state index contributed by atoms with van der Waals surface area (Å²) in [5.74, 6) is -1.09. The zero-order valence-corrected chi connectivity index (χ0v) is 11.0. The Bertz CT molecular complexity index is 720. The largest absolute Gasteiger partial charge is 0.378 e. The van der Waals surface area contributed by atoms with Gasteiger partial charge in [0.15, 0.2) is 0 Å². The van der Waals surface area contributed by atoms with Crippen molar-refractivity contribution in [2.24, 2.45) is 0 Å². The fourth-order valence-electron chi connectivity index (χ4n) is 2.18. The lowest BCUT2D eigenvalue weighted by atomic mass is 10.1. The molecule has 1 fully saturated rings. The Morgan fingerprint density at radius 2 is 2.10 bits per heavy atom. The number of H-pyrrole nitrogens is 1. The molecule has 1 aliphatic rings. The van der Waals surface area contributed by atoms with E-state index in [1.165, 1.54) is 12.1 Å². The van der Waals surface area contributed by atoms with Crippen molar-refractivity contribution in [3.05, 3.63) is 40.1 Å². The molecule has 8 nitrogen and oxygen atoms in total. The number of benzene rings is 1. The van der Waals surface area contributed by atoms with Crippen LogP contribution in [0.1, 0.15) is 10.4 Å². The van der Waals surface area contributed by atoms with E-state index in [1.54, 1.807) is 4.90 Å². The predicted molar refractivity (Wildman–Crippen MR) is 68.7 cm³/mol. The lowest BCUT2D eigenvalue weighted by molar-refractivity contribution is 0.0302. The van der Waals surface area contributed by atoms with Gasteiger partial charge in [0, 0.05) is 13.1 Å². The van der Waals surface area contributed by atoms with Gasteiger partial charge in [0.2, 0.25) is 0 Å². The van der Waals surface area contributed by atoms with Crippen molar-refractivity contribution >= 4 is 5.91 Å². The average Bonchev–Trinajstić information content (AvgIpc) is 2.93. The first-order valence-corrected chi connectivity index (χ1v) is 6.35. The van der Waals surface area contributed by atoms with Crippen LogP contribution in [-0.2, 0) is 4.74 Å². The van der Waals surface area contributed by atoms with E-state index in [2.05, 4.69) is 15.5 Å². The smallest absolute Gasteiger partial charge is 0.365 e. The van der Waals surface area contributed by atoms with Crippen LogP contribution in [0.15, 0.2) is 23.0 Å². The number of nitrogens with zero attached hydrogens (tertiary/aromatic N) is 4. The van der Waals surface area contributed by atoms with Crippen LogP contribution in [0, 0.1) is 5.82 Å². The molecule has 0 atom stereocenters. The van der Waals surface area contributed by atoms with Gasteiger partial charge < -0.3 is 9.64 Å². The molecule has 2 heterocycles.